The number of carbonyl (C=O) groups is 2. The van der Waals surface area contributed by atoms with Gasteiger partial charge >= 0.3 is 0 Å². The van der Waals surface area contributed by atoms with Gasteiger partial charge in [-0.2, -0.15) is 0 Å². The van der Waals surface area contributed by atoms with Crippen LogP contribution in [0.5, 0.6) is 0 Å². The van der Waals surface area contributed by atoms with Crippen molar-refractivity contribution < 1.29 is 17.9 Å². The van der Waals surface area contributed by atoms with Gasteiger partial charge < -0.3 is 16.0 Å². The third-order valence-corrected chi connectivity index (χ3v) is 6.63. The van der Waals surface area contributed by atoms with Crippen molar-refractivity contribution in [3.63, 3.8) is 0 Å². The van der Waals surface area contributed by atoms with Crippen molar-refractivity contribution in [1.82, 2.24) is 20.5 Å². The summed E-state index contributed by atoms with van der Waals surface area (Å²) in [6.07, 6.45) is 5.66. The fourth-order valence-electron chi connectivity index (χ4n) is 3.68. The standard InChI is InChI=1S/C19H21N9O3S/c1-21-18(30)14-12(7-13(26-27-14)25-17(29)11-8-19(11)4-5-19)24-16-15(32(2)31)10(3-6-22-16)9-23-28-20/h3,6-7,11H,4-5,8-9H2,1-2H3,(H,21,30)(H2,22,24,25,26,29)/t11-,32?/m1/s1/i1D3. The third-order valence-electron chi connectivity index (χ3n) is 5.60. The van der Waals surface area contributed by atoms with Crippen molar-refractivity contribution >= 4 is 39.9 Å². The third kappa shape index (κ3) is 4.25. The molecule has 0 aliphatic heterocycles. The number of pyridine rings is 1. The summed E-state index contributed by atoms with van der Waals surface area (Å²) in [5.41, 5.74) is 8.81. The van der Waals surface area contributed by atoms with Crippen molar-refractivity contribution in [3.8, 4) is 0 Å². The predicted octanol–water partition coefficient (Wildman–Crippen LogP) is 2.26. The minimum absolute atomic E-state index is 0.0193. The minimum Gasteiger partial charge on any atom is -0.354 e. The molecule has 2 atom stereocenters. The molecule has 0 saturated heterocycles. The summed E-state index contributed by atoms with van der Waals surface area (Å²) < 4.78 is 34.4. The number of azide groups is 1. The molecule has 0 aromatic carbocycles. The van der Waals surface area contributed by atoms with Gasteiger partial charge in [0.05, 0.1) is 27.9 Å². The first-order chi connectivity index (χ1) is 16.5. The van der Waals surface area contributed by atoms with Gasteiger partial charge in [-0.1, -0.05) is 5.11 Å². The second-order valence-electron chi connectivity index (χ2n) is 7.67. The normalized spacial score (nSPS) is 20.0. The molecule has 2 saturated carbocycles. The van der Waals surface area contributed by atoms with Crippen LogP contribution >= 0.6 is 0 Å². The van der Waals surface area contributed by atoms with Crippen molar-refractivity contribution in [2.24, 2.45) is 16.4 Å². The van der Waals surface area contributed by atoms with Crippen LogP contribution in [0.3, 0.4) is 0 Å². The molecular weight excluding hydrogens is 434 g/mol. The fourth-order valence-corrected chi connectivity index (χ4v) is 4.56. The summed E-state index contributed by atoms with van der Waals surface area (Å²) in [5, 5.41) is 18.6. The van der Waals surface area contributed by atoms with E-state index in [9.17, 15) is 13.8 Å². The molecule has 12 nitrogen and oxygen atoms in total. The van der Waals surface area contributed by atoms with Crippen LogP contribution in [0.2, 0.25) is 0 Å². The first-order valence-corrected chi connectivity index (χ1v) is 11.2. The van der Waals surface area contributed by atoms with Gasteiger partial charge in [-0.25, -0.2) is 4.98 Å². The van der Waals surface area contributed by atoms with E-state index < -0.39 is 23.7 Å². The summed E-state index contributed by atoms with van der Waals surface area (Å²) in [6.45, 7) is -2.87. The summed E-state index contributed by atoms with van der Waals surface area (Å²) in [6, 6.07) is 2.87. The molecular formula is C19H21N9O3S. The van der Waals surface area contributed by atoms with Crippen LogP contribution in [0.1, 0.15) is 39.4 Å². The highest BCUT2D eigenvalue weighted by atomic mass is 32.2. The number of nitrogens with zero attached hydrogens (tertiary/aromatic N) is 6. The van der Waals surface area contributed by atoms with E-state index in [0.29, 0.717) is 5.56 Å². The topological polar surface area (TPSA) is 175 Å². The van der Waals surface area contributed by atoms with Crippen LogP contribution in [-0.4, -0.2) is 44.4 Å². The second-order valence-corrected chi connectivity index (χ2v) is 8.99. The lowest BCUT2D eigenvalue weighted by molar-refractivity contribution is -0.117. The maximum atomic E-state index is 12.6. The van der Waals surface area contributed by atoms with Crippen molar-refractivity contribution in [3.05, 3.63) is 40.0 Å². The molecule has 2 heterocycles. The summed E-state index contributed by atoms with van der Waals surface area (Å²) in [7, 11) is -1.58. The van der Waals surface area contributed by atoms with Crippen LogP contribution in [0.4, 0.5) is 17.3 Å². The number of hydrogen-bond acceptors (Lipinski definition) is 8. The zero-order valence-corrected chi connectivity index (χ0v) is 17.8. The Balaban J connectivity index is 1.69. The summed E-state index contributed by atoms with van der Waals surface area (Å²) in [5.74, 6) is -1.21. The van der Waals surface area contributed by atoms with Crippen molar-refractivity contribution in [2.75, 3.05) is 23.9 Å². The highest BCUT2D eigenvalue weighted by Crippen LogP contribution is 2.70. The van der Waals surface area contributed by atoms with Gasteiger partial charge in [0.1, 0.15) is 5.82 Å². The molecule has 2 aliphatic carbocycles. The summed E-state index contributed by atoms with van der Waals surface area (Å²) >= 11 is 0. The maximum Gasteiger partial charge on any atom is 0.273 e. The molecule has 1 unspecified atom stereocenters. The zero-order valence-electron chi connectivity index (χ0n) is 20.0. The number of rotatable bonds is 8. The van der Waals surface area contributed by atoms with Crippen LogP contribution in [0.15, 0.2) is 28.3 Å². The van der Waals surface area contributed by atoms with Crippen molar-refractivity contribution in [2.45, 2.75) is 30.7 Å². The van der Waals surface area contributed by atoms with Gasteiger partial charge in [0.25, 0.3) is 5.91 Å². The van der Waals surface area contributed by atoms with Crippen LogP contribution < -0.4 is 16.0 Å². The van der Waals surface area contributed by atoms with Crippen LogP contribution in [0.25, 0.3) is 10.4 Å². The molecule has 0 radical (unpaired) electrons. The molecule has 2 aromatic heterocycles. The smallest absolute Gasteiger partial charge is 0.273 e. The number of amides is 2. The van der Waals surface area contributed by atoms with Gasteiger partial charge in [0.15, 0.2) is 11.5 Å². The Morgan fingerprint density at radius 1 is 1.44 bits per heavy atom. The molecule has 2 aromatic rings. The Labute approximate surface area is 189 Å². The molecule has 32 heavy (non-hydrogen) atoms. The quantitative estimate of drug-likeness (QED) is 0.309. The molecule has 2 fully saturated rings. The second kappa shape index (κ2) is 8.52. The number of carbonyl (C=O) groups excluding carboxylic acids is 2. The average Bonchev–Trinajstić information content (AvgIpc) is 3.69. The predicted molar refractivity (Wildman–Crippen MR) is 117 cm³/mol. The fraction of sp³-hybridized carbons (Fsp3) is 0.421. The Hall–Kier alpha value is -3.57. The minimum atomic E-state index is -2.78. The number of hydrogen-bond donors (Lipinski definition) is 3. The number of aromatic nitrogens is 3. The summed E-state index contributed by atoms with van der Waals surface area (Å²) in [4.78, 5) is 32.3. The molecule has 166 valence electrons. The van der Waals surface area contributed by atoms with Crippen LogP contribution in [-0.2, 0) is 22.1 Å². The van der Waals surface area contributed by atoms with E-state index in [1.807, 2.05) is 5.32 Å². The molecule has 2 amide bonds. The van der Waals surface area contributed by atoms with Crippen molar-refractivity contribution in [1.29, 1.82) is 0 Å². The van der Waals surface area contributed by atoms with Gasteiger partial charge in [-0.05, 0) is 41.8 Å². The van der Waals surface area contributed by atoms with E-state index in [1.54, 1.807) is 6.07 Å². The van der Waals surface area contributed by atoms with Gasteiger partial charge in [-0.15, -0.1) is 10.2 Å². The molecule has 1 spiro atoms. The van der Waals surface area contributed by atoms with Crippen LogP contribution in [0, 0.1) is 11.3 Å². The first-order valence-electron chi connectivity index (χ1n) is 11.1. The molecule has 2 aliphatic rings. The zero-order chi connectivity index (χ0) is 25.4. The molecule has 13 heteroatoms. The molecule has 4 rings (SSSR count). The van der Waals surface area contributed by atoms with Gasteiger partial charge in [0.2, 0.25) is 5.91 Å². The lowest BCUT2D eigenvalue weighted by atomic mass is 10.2. The van der Waals surface area contributed by atoms with E-state index in [-0.39, 0.29) is 51.7 Å². The lowest BCUT2D eigenvalue weighted by Crippen LogP contribution is -2.23. The van der Waals surface area contributed by atoms with Gasteiger partial charge in [-0.3, -0.25) is 13.8 Å². The molecule has 0 bridgehead atoms. The lowest BCUT2D eigenvalue weighted by Gasteiger charge is -2.15. The van der Waals surface area contributed by atoms with E-state index in [1.165, 1.54) is 18.5 Å². The highest BCUT2D eigenvalue weighted by Gasteiger charge is 2.65. The Morgan fingerprint density at radius 2 is 2.25 bits per heavy atom. The Bertz CT molecular complexity index is 1280. The number of nitrogens with one attached hydrogen (secondary N) is 3. The maximum absolute atomic E-state index is 12.6. The first kappa shape index (κ1) is 18.0. The molecule has 3 N–H and O–H groups in total. The monoisotopic (exact) mass is 458 g/mol. The van der Waals surface area contributed by atoms with Gasteiger partial charge in [0, 0.05) is 40.4 Å². The largest absolute Gasteiger partial charge is 0.354 e. The van der Waals surface area contributed by atoms with E-state index in [4.69, 9.17) is 9.64 Å². The highest BCUT2D eigenvalue weighted by molar-refractivity contribution is 7.84. The average molecular weight is 459 g/mol. The van der Waals surface area contributed by atoms with E-state index in [2.05, 4.69) is 35.8 Å². The SMILES string of the molecule is [2H]C([2H])([2H])NC(=O)c1nnc(NC(=O)[C@H]2CC23CC3)cc1Nc1nccc(CN=[N+]=[N-])c1S(C)=O. The van der Waals surface area contributed by atoms with E-state index >= 15 is 0 Å². The van der Waals surface area contributed by atoms with E-state index in [0.717, 1.165) is 19.3 Å². The Morgan fingerprint density at radius 3 is 2.91 bits per heavy atom. The Kier molecular flexibility index (Phi) is 4.80. The number of anilines is 3.